The molecule has 2 aliphatic rings. The van der Waals surface area contributed by atoms with E-state index in [0.29, 0.717) is 24.2 Å². The van der Waals surface area contributed by atoms with Crippen LogP contribution in [0.4, 0.5) is 5.69 Å². The number of hydrogen-bond acceptors (Lipinski definition) is 5. The molecular formula is C17H24ClN3O3S. The van der Waals surface area contributed by atoms with Crippen molar-refractivity contribution in [2.24, 2.45) is 5.73 Å². The number of nitrogens with two attached hydrogens (primary N) is 1. The quantitative estimate of drug-likeness (QED) is 0.824. The number of anilines is 1. The molecule has 0 spiro atoms. The van der Waals surface area contributed by atoms with Crippen molar-refractivity contribution < 1.29 is 14.3 Å². The van der Waals surface area contributed by atoms with Gasteiger partial charge in [-0.15, -0.1) is 12.4 Å². The third kappa shape index (κ3) is 5.10. The first-order valence-electron chi connectivity index (χ1n) is 8.31. The van der Waals surface area contributed by atoms with Crippen molar-refractivity contribution in [3.05, 3.63) is 29.8 Å². The number of rotatable bonds is 4. The van der Waals surface area contributed by atoms with Gasteiger partial charge in [-0.2, -0.15) is 11.8 Å². The Hall–Kier alpha value is -1.28. The third-order valence-corrected chi connectivity index (χ3v) is 5.28. The fourth-order valence-corrected chi connectivity index (χ4v) is 3.88. The number of hydrogen-bond donors (Lipinski definition) is 2. The van der Waals surface area contributed by atoms with Crippen molar-refractivity contribution in [3.63, 3.8) is 0 Å². The van der Waals surface area contributed by atoms with Crippen LogP contribution in [-0.4, -0.2) is 60.1 Å². The van der Waals surface area contributed by atoms with E-state index >= 15 is 0 Å². The number of thioether (sulfide) groups is 1. The summed E-state index contributed by atoms with van der Waals surface area (Å²) in [5, 5.41) is 2.85. The van der Waals surface area contributed by atoms with E-state index in [1.165, 1.54) is 0 Å². The highest BCUT2D eigenvalue weighted by Crippen LogP contribution is 2.21. The third-order valence-electron chi connectivity index (χ3n) is 4.34. The summed E-state index contributed by atoms with van der Waals surface area (Å²) in [4.78, 5) is 26.7. The molecule has 2 atom stereocenters. The van der Waals surface area contributed by atoms with Crippen molar-refractivity contribution in [3.8, 4) is 0 Å². The second-order valence-corrected chi connectivity index (χ2v) is 7.26. The van der Waals surface area contributed by atoms with Crippen LogP contribution < -0.4 is 11.1 Å². The fraction of sp³-hybridized carbons (Fsp3) is 0.529. The monoisotopic (exact) mass is 385 g/mol. The highest BCUT2D eigenvalue weighted by molar-refractivity contribution is 7.99. The van der Waals surface area contributed by atoms with Crippen LogP contribution in [0.15, 0.2) is 24.3 Å². The Morgan fingerprint density at radius 2 is 2.04 bits per heavy atom. The van der Waals surface area contributed by atoms with Crippen LogP contribution in [0.2, 0.25) is 0 Å². The minimum Gasteiger partial charge on any atom is -0.364 e. The minimum atomic E-state index is -0.461. The standard InChI is InChI=1S/C17H23N3O3S.ClH/c18-11-14-4-5-15(23-14)16(21)19-13-3-1-2-12(10-13)17(22)20-6-8-24-9-7-20;/h1-3,10,14-15H,4-9,11,18H2,(H,19,21);1H/t14-,15+;/m1./s1. The molecule has 8 heteroatoms. The zero-order valence-corrected chi connectivity index (χ0v) is 15.6. The molecule has 0 aliphatic carbocycles. The molecular weight excluding hydrogens is 362 g/mol. The van der Waals surface area contributed by atoms with E-state index in [1.807, 2.05) is 16.7 Å². The lowest BCUT2D eigenvalue weighted by atomic mass is 10.1. The van der Waals surface area contributed by atoms with E-state index in [-0.39, 0.29) is 30.3 Å². The number of benzene rings is 1. The summed E-state index contributed by atoms with van der Waals surface area (Å²) in [5.74, 6) is 1.80. The zero-order chi connectivity index (χ0) is 16.9. The first kappa shape index (κ1) is 20.0. The van der Waals surface area contributed by atoms with Crippen LogP contribution in [0, 0.1) is 0 Å². The highest BCUT2D eigenvalue weighted by Gasteiger charge is 2.30. The van der Waals surface area contributed by atoms with Gasteiger partial charge in [-0.05, 0) is 31.0 Å². The molecule has 1 aromatic rings. The minimum absolute atomic E-state index is 0. The number of carbonyl (C=O) groups is 2. The molecule has 138 valence electrons. The van der Waals surface area contributed by atoms with Gasteiger partial charge in [0.15, 0.2) is 0 Å². The summed E-state index contributed by atoms with van der Waals surface area (Å²) in [6, 6.07) is 7.10. The molecule has 2 amide bonds. The van der Waals surface area contributed by atoms with Gasteiger partial charge in [0.1, 0.15) is 6.10 Å². The summed E-state index contributed by atoms with van der Waals surface area (Å²) >= 11 is 1.87. The predicted octanol–water partition coefficient (Wildman–Crippen LogP) is 1.74. The number of ether oxygens (including phenoxy) is 1. The Labute approximate surface area is 158 Å². The number of nitrogens with one attached hydrogen (secondary N) is 1. The predicted molar refractivity (Wildman–Crippen MR) is 102 cm³/mol. The van der Waals surface area contributed by atoms with E-state index in [9.17, 15) is 9.59 Å². The first-order chi connectivity index (χ1) is 11.7. The van der Waals surface area contributed by atoms with Gasteiger partial charge in [0.2, 0.25) is 0 Å². The number of carbonyl (C=O) groups excluding carboxylic acids is 2. The Bertz CT molecular complexity index is 611. The lowest BCUT2D eigenvalue weighted by Gasteiger charge is -2.26. The molecule has 3 N–H and O–H groups in total. The van der Waals surface area contributed by atoms with Crippen LogP contribution >= 0.6 is 24.2 Å². The largest absolute Gasteiger partial charge is 0.364 e. The van der Waals surface area contributed by atoms with Crippen LogP contribution in [0.5, 0.6) is 0 Å². The average Bonchev–Trinajstić information content (AvgIpc) is 3.11. The number of halogens is 1. The normalized spacial score (nSPS) is 23.0. The molecule has 0 radical (unpaired) electrons. The highest BCUT2D eigenvalue weighted by atomic mass is 35.5. The van der Waals surface area contributed by atoms with Crippen molar-refractivity contribution >= 4 is 41.7 Å². The molecule has 6 nitrogen and oxygen atoms in total. The second kappa shape index (κ2) is 9.43. The molecule has 2 aliphatic heterocycles. The molecule has 1 aromatic carbocycles. The molecule has 0 saturated carbocycles. The van der Waals surface area contributed by atoms with Crippen molar-refractivity contribution in [1.29, 1.82) is 0 Å². The molecule has 0 aromatic heterocycles. The van der Waals surface area contributed by atoms with Gasteiger partial charge < -0.3 is 20.7 Å². The summed E-state index contributed by atoms with van der Waals surface area (Å²) < 4.78 is 5.60. The van der Waals surface area contributed by atoms with Crippen molar-refractivity contribution in [1.82, 2.24) is 4.90 Å². The van der Waals surface area contributed by atoms with E-state index in [2.05, 4.69) is 5.32 Å². The Morgan fingerprint density at radius 1 is 1.28 bits per heavy atom. The fourth-order valence-electron chi connectivity index (χ4n) is 2.97. The lowest BCUT2D eigenvalue weighted by molar-refractivity contribution is -0.126. The van der Waals surface area contributed by atoms with Gasteiger partial charge in [-0.1, -0.05) is 6.07 Å². The summed E-state index contributed by atoms with van der Waals surface area (Å²) in [6.45, 7) is 1.98. The summed E-state index contributed by atoms with van der Waals surface area (Å²) in [7, 11) is 0. The molecule has 3 rings (SSSR count). The van der Waals surface area contributed by atoms with Gasteiger partial charge in [0, 0.05) is 42.4 Å². The smallest absolute Gasteiger partial charge is 0.253 e. The zero-order valence-electron chi connectivity index (χ0n) is 14.0. The first-order valence-corrected chi connectivity index (χ1v) is 9.46. The Kier molecular flexibility index (Phi) is 7.56. The maximum absolute atomic E-state index is 12.5. The van der Waals surface area contributed by atoms with Gasteiger partial charge in [-0.25, -0.2) is 0 Å². The molecule has 2 saturated heterocycles. The topological polar surface area (TPSA) is 84.7 Å². The van der Waals surface area contributed by atoms with Gasteiger partial charge in [-0.3, -0.25) is 9.59 Å². The molecule has 2 fully saturated rings. The van der Waals surface area contributed by atoms with E-state index in [0.717, 1.165) is 31.0 Å². The molecule has 25 heavy (non-hydrogen) atoms. The Morgan fingerprint density at radius 3 is 2.72 bits per heavy atom. The lowest BCUT2D eigenvalue weighted by Crippen LogP contribution is -2.37. The second-order valence-electron chi connectivity index (χ2n) is 6.03. The van der Waals surface area contributed by atoms with Crippen LogP contribution in [0.25, 0.3) is 0 Å². The summed E-state index contributed by atoms with van der Waals surface area (Å²) in [5.41, 5.74) is 6.80. The summed E-state index contributed by atoms with van der Waals surface area (Å²) in [6.07, 6.45) is 0.986. The van der Waals surface area contributed by atoms with Gasteiger partial charge in [0.25, 0.3) is 11.8 Å². The van der Waals surface area contributed by atoms with Crippen LogP contribution in [0.3, 0.4) is 0 Å². The van der Waals surface area contributed by atoms with E-state index < -0.39 is 6.10 Å². The maximum Gasteiger partial charge on any atom is 0.253 e. The van der Waals surface area contributed by atoms with E-state index in [1.54, 1.807) is 24.3 Å². The molecule has 0 bridgehead atoms. The number of nitrogens with zero attached hydrogens (tertiary/aromatic N) is 1. The number of amides is 2. The van der Waals surface area contributed by atoms with Crippen molar-refractivity contribution in [2.45, 2.75) is 25.0 Å². The van der Waals surface area contributed by atoms with Gasteiger partial charge in [0.05, 0.1) is 6.10 Å². The van der Waals surface area contributed by atoms with E-state index in [4.69, 9.17) is 10.5 Å². The SMILES string of the molecule is Cl.NC[C@H]1CC[C@@H](C(=O)Nc2cccc(C(=O)N3CCSCC3)c2)O1. The molecule has 0 unspecified atom stereocenters. The maximum atomic E-state index is 12.5. The Balaban J connectivity index is 0.00000225. The van der Waals surface area contributed by atoms with Crippen LogP contribution in [-0.2, 0) is 9.53 Å². The average molecular weight is 386 g/mol. The van der Waals surface area contributed by atoms with Crippen molar-refractivity contribution in [2.75, 3.05) is 36.5 Å². The van der Waals surface area contributed by atoms with Gasteiger partial charge >= 0.3 is 0 Å². The molecule has 2 heterocycles. The van der Waals surface area contributed by atoms with Crippen LogP contribution in [0.1, 0.15) is 23.2 Å².